The zero-order valence-corrected chi connectivity index (χ0v) is 52.3. The predicted octanol–water partition coefficient (Wildman–Crippen LogP) is 24.4. The van der Waals surface area contributed by atoms with Gasteiger partial charge in [0.15, 0.2) is 0 Å². The molecule has 14 aromatic rings. The van der Waals surface area contributed by atoms with E-state index in [2.05, 4.69) is 291 Å². The summed E-state index contributed by atoms with van der Waals surface area (Å²) in [5.74, 6) is 0. The topological polar surface area (TPSA) is 9.86 Å². The molecule has 0 bridgehead atoms. The van der Waals surface area contributed by atoms with Crippen LogP contribution in [-0.4, -0.2) is 9.13 Å². The first-order valence-electron chi connectivity index (χ1n) is 33.2. The summed E-state index contributed by atoms with van der Waals surface area (Å²) in [5, 5.41) is 4.98. The molecule has 2 nitrogen and oxygen atoms in total. The summed E-state index contributed by atoms with van der Waals surface area (Å²) in [6.45, 7) is 12.7. The Morgan fingerprint density at radius 3 is 1.13 bits per heavy atom. The largest absolute Gasteiger partial charge is 0.309 e. The molecule has 2 heteroatoms. The van der Waals surface area contributed by atoms with Gasteiger partial charge in [0.25, 0.3) is 0 Å². The summed E-state index contributed by atoms with van der Waals surface area (Å²) in [5.41, 5.74) is 32.3. The Morgan fingerprint density at radius 1 is 0.297 bits per heavy atom. The lowest BCUT2D eigenvalue weighted by molar-refractivity contribution is 0.665. The molecule has 16 rings (SSSR count). The molecule has 2 heterocycles. The van der Waals surface area contributed by atoms with Gasteiger partial charge in [-0.25, -0.2) is 0 Å². The normalized spacial score (nSPS) is 12.7. The Bertz CT molecular complexity index is 4850. The van der Waals surface area contributed by atoms with Crippen LogP contribution in [0.1, 0.15) is 110 Å². The molecular formula is C89H74N2. The van der Waals surface area contributed by atoms with Crippen molar-refractivity contribution in [2.75, 3.05) is 0 Å². The summed E-state index contributed by atoms with van der Waals surface area (Å²) in [6, 6.07) is 97.4. The highest BCUT2D eigenvalue weighted by Crippen LogP contribution is 2.64. The quantitative estimate of drug-likeness (QED) is 0.0758. The van der Waals surface area contributed by atoms with Crippen LogP contribution in [0.2, 0.25) is 0 Å². The molecule has 12 aromatic carbocycles. The number of para-hydroxylation sites is 2. The SMILES string of the molecule is C=Cc1cccc(-c2ccc3c(c2)c2ccccc2n3-c2ccc(-c3ccc4c(c3)-c3cc(-c5ccc(-n6c7ccccc7c7cc(-c8cccc(C=C)c8)ccc76)cc5)ccc3C43c4cc(CCCCCC)ccc4-c4ccc(CCCCCC)cc43)cc2)c1. The van der Waals surface area contributed by atoms with Crippen LogP contribution in [0.3, 0.4) is 0 Å². The molecule has 1 spiro atoms. The minimum atomic E-state index is -0.478. The van der Waals surface area contributed by atoms with E-state index in [-0.39, 0.29) is 0 Å². The molecule has 0 saturated carbocycles. The highest BCUT2D eigenvalue weighted by atomic mass is 15.0. The first-order chi connectivity index (χ1) is 44.9. The molecule has 0 aliphatic heterocycles. The van der Waals surface area contributed by atoms with Crippen LogP contribution in [0.25, 0.3) is 134 Å². The monoisotopic (exact) mass is 1170 g/mol. The molecule has 0 fully saturated rings. The molecule has 0 radical (unpaired) electrons. The fourth-order valence-electron chi connectivity index (χ4n) is 15.7. The third kappa shape index (κ3) is 9.45. The number of nitrogens with zero attached hydrogens (tertiary/aromatic N) is 2. The van der Waals surface area contributed by atoms with Gasteiger partial charge in [0, 0.05) is 32.9 Å². The number of aryl methyl sites for hydroxylation is 2. The molecule has 2 aromatic heterocycles. The molecule has 0 amide bonds. The first kappa shape index (κ1) is 56.0. The van der Waals surface area contributed by atoms with Crippen LogP contribution in [-0.2, 0) is 18.3 Å². The van der Waals surface area contributed by atoms with E-state index in [1.165, 1.54) is 195 Å². The Morgan fingerprint density at radius 2 is 0.692 bits per heavy atom. The van der Waals surface area contributed by atoms with Crippen molar-refractivity contribution in [3.8, 4) is 78.1 Å². The lowest BCUT2D eigenvalue weighted by Gasteiger charge is -2.31. The zero-order chi connectivity index (χ0) is 61.2. The van der Waals surface area contributed by atoms with Gasteiger partial charge >= 0.3 is 0 Å². The van der Waals surface area contributed by atoms with Gasteiger partial charge in [0.2, 0.25) is 0 Å². The summed E-state index contributed by atoms with van der Waals surface area (Å²) >= 11 is 0. The maximum atomic E-state index is 4.04. The third-order valence-corrected chi connectivity index (χ3v) is 20.2. The third-order valence-electron chi connectivity index (χ3n) is 20.2. The molecule has 440 valence electrons. The molecule has 2 aliphatic rings. The maximum Gasteiger partial charge on any atom is 0.0725 e. The molecule has 0 atom stereocenters. The highest BCUT2D eigenvalue weighted by Gasteiger charge is 2.52. The Labute approximate surface area is 535 Å². The van der Waals surface area contributed by atoms with Crippen LogP contribution in [0, 0.1) is 0 Å². The van der Waals surface area contributed by atoms with Crippen molar-refractivity contribution in [2.45, 2.75) is 83.5 Å². The van der Waals surface area contributed by atoms with Gasteiger partial charge in [-0.3, -0.25) is 0 Å². The number of benzene rings is 12. The number of aromatic nitrogens is 2. The van der Waals surface area contributed by atoms with E-state index in [1.54, 1.807) is 0 Å². The standard InChI is InChI=1S/C89H74N2/c1-5-9-11-13-21-61-31-45-73-74-46-32-62(22-14-12-10-6-2)54-84(74)89(83(73)53-61)81-47-37-67(63-33-41-71(42-34-63)90-85-29-17-15-27-75(85)79-57-69(39-49-87(79)90)65-25-19-23-59(7-3)51-65)55-77(81)78-56-68(38-48-82(78)89)64-35-43-72(44-36-64)91-86-30-18-16-28-76(86)80-58-70(40-50-88(80)91)66-26-20-24-60(8-4)52-66/h7-8,15-20,23-58H,3-6,9-14,21-22H2,1-2H3. The second-order valence-corrected chi connectivity index (χ2v) is 25.6. The van der Waals surface area contributed by atoms with Gasteiger partial charge in [-0.05, 0) is 222 Å². The van der Waals surface area contributed by atoms with E-state index < -0.39 is 5.41 Å². The van der Waals surface area contributed by atoms with E-state index in [4.69, 9.17) is 0 Å². The Balaban J connectivity index is 0.826. The van der Waals surface area contributed by atoms with Crippen LogP contribution in [0.15, 0.2) is 268 Å². The van der Waals surface area contributed by atoms with Gasteiger partial charge in [-0.15, -0.1) is 0 Å². The minimum Gasteiger partial charge on any atom is -0.309 e. The molecule has 0 N–H and O–H groups in total. The summed E-state index contributed by atoms with van der Waals surface area (Å²) in [6.07, 6.45) is 16.0. The molecular weight excluding hydrogens is 1100 g/mol. The number of fused-ring (bicyclic) bond motifs is 16. The maximum absolute atomic E-state index is 4.04. The van der Waals surface area contributed by atoms with Crippen molar-refractivity contribution >= 4 is 55.8 Å². The van der Waals surface area contributed by atoms with Crippen LogP contribution < -0.4 is 0 Å². The van der Waals surface area contributed by atoms with Crippen LogP contribution in [0.4, 0.5) is 0 Å². The number of unbranched alkanes of at least 4 members (excludes halogenated alkanes) is 6. The average Bonchev–Trinajstić information content (AvgIpc) is 1.51. The fourth-order valence-corrected chi connectivity index (χ4v) is 15.7. The summed E-state index contributed by atoms with van der Waals surface area (Å²) in [4.78, 5) is 0. The van der Waals surface area contributed by atoms with E-state index in [1.807, 2.05) is 12.2 Å². The van der Waals surface area contributed by atoms with Gasteiger partial charge in [0.1, 0.15) is 0 Å². The van der Waals surface area contributed by atoms with Crippen molar-refractivity contribution < 1.29 is 0 Å². The molecule has 91 heavy (non-hydrogen) atoms. The zero-order valence-electron chi connectivity index (χ0n) is 52.3. The fraction of sp³-hybridized carbons (Fsp3) is 0.146. The van der Waals surface area contributed by atoms with Crippen molar-refractivity contribution in [3.05, 3.63) is 312 Å². The highest BCUT2D eigenvalue weighted by molar-refractivity contribution is 6.12. The summed E-state index contributed by atoms with van der Waals surface area (Å²) in [7, 11) is 0. The van der Waals surface area contributed by atoms with Crippen molar-refractivity contribution in [3.63, 3.8) is 0 Å². The van der Waals surface area contributed by atoms with Gasteiger partial charge in [0.05, 0.1) is 27.5 Å². The lowest BCUT2D eigenvalue weighted by atomic mass is 9.69. The van der Waals surface area contributed by atoms with Crippen molar-refractivity contribution in [1.29, 1.82) is 0 Å². The van der Waals surface area contributed by atoms with E-state index in [0.29, 0.717) is 0 Å². The van der Waals surface area contributed by atoms with Crippen LogP contribution in [0.5, 0.6) is 0 Å². The second-order valence-electron chi connectivity index (χ2n) is 25.6. The smallest absolute Gasteiger partial charge is 0.0725 e. The van der Waals surface area contributed by atoms with Gasteiger partial charge in [-0.1, -0.05) is 248 Å². The lowest BCUT2D eigenvalue weighted by Crippen LogP contribution is -2.26. The Hall–Kier alpha value is -10.3. The van der Waals surface area contributed by atoms with Crippen molar-refractivity contribution in [2.24, 2.45) is 0 Å². The van der Waals surface area contributed by atoms with Gasteiger partial charge in [-0.2, -0.15) is 0 Å². The van der Waals surface area contributed by atoms with Gasteiger partial charge < -0.3 is 9.13 Å². The average molecular weight is 1170 g/mol. The van der Waals surface area contributed by atoms with E-state index in [9.17, 15) is 0 Å². The minimum absolute atomic E-state index is 0.478. The van der Waals surface area contributed by atoms with Crippen molar-refractivity contribution in [1.82, 2.24) is 9.13 Å². The van der Waals surface area contributed by atoms with Crippen LogP contribution >= 0.6 is 0 Å². The molecule has 2 aliphatic carbocycles. The van der Waals surface area contributed by atoms with E-state index >= 15 is 0 Å². The molecule has 0 unspecified atom stereocenters. The summed E-state index contributed by atoms with van der Waals surface area (Å²) < 4.78 is 4.87. The number of hydrogen-bond acceptors (Lipinski definition) is 0. The number of hydrogen-bond donors (Lipinski definition) is 0. The second kappa shape index (κ2) is 23.3. The van der Waals surface area contributed by atoms with E-state index in [0.717, 1.165) is 35.3 Å². The predicted molar refractivity (Wildman–Crippen MR) is 389 cm³/mol. The molecule has 0 saturated heterocycles. The number of rotatable bonds is 18. The first-order valence-corrected chi connectivity index (χ1v) is 33.2. The Kier molecular flexibility index (Phi) is 14.3.